The molecule has 1 aromatic carbocycles. The predicted molar refractivity (Wildman–Crippen MR) is 102 cm³/mol. The average molecular weight is 385 g/mol. The van der Waals surface area contributed by atoms with Crippen LogP contribution in [0.5, 0.6) is 5.75 Å². The molecule has 0 radical (unpaired) electrons. The summed E-state index contributed by atoms with van der Waals surface area (Å²) in [4.78, 5) is 37.5. The third kappa shape index (κ3) is 3.98. The second-order valence-electron chi connectivity index (χ2n) is 6.65. The fraction of sp³-hybridized carbons (Fsp3) is 0.368. The van der Waals surface area contributed by atoms with E-state index in [4.69, 9.17) is 10.5 Å². The minimum absolute atomic E-state index is 0.0617. The largest absolute Gasteiger partial charge is 0.497 e. The van der Waals surface area contributed by atoms with Gasteiger partial charge in [0.1, 0.15) is 11.6 Å². The summed E-state index contributed by atoms with van der Waals surface area (Å²) in [6.07, 6.45) is 2.02. The molecular formula is C19H23N5O4. The molecule has 2 aromatic rings. The molecule has 28 heavy (non-hydrogen) atoms. The smallest absolute Gasteiger partial charge is 0.241 e. The van der Waals surface area contributed by atoms with Crippen molar-refractivity contribution in [2.75, 3.05) is 32.5 Å². The van der Waals surface area contributed by atoms with E-state index in [-0.39, 0.29) is 35.9 Å². The Labute approximate surface area is 162 Å². The van der Waals surface area contributed by atoms with Gasteiger partial charge in [-0.25, -0.2) is 4.68 Å². The number of ether oxygens (including phenoxy) is 1. The van der Waals surface area contributed by atoms with Crippen molar-refractivity contribution in [1.82, 2.24) is 20.0 Å². The quantitative estimate of drug-likeness (QED) is 0.704. The first kappa shape index (κ1) is 19.4. The lowest BCUT2D eigenvalue weighted by Gasteiger charge is -2.16. The lowest BCUT2D eigenvalue weighted by Crippen LogP contribution is -2.38. The summed E-state index contributed by atoms with van der Waals surface area (Å²) < 4.78 is 6.64. The van der Waals surface area contributed by atoms with E-state index in [1.165, 1.54) is 17.8 Å². The van der Waals surface area contributed by atoms with Gasteiger partial charge >= 0.3 is 0 Å². The molecule has 1 aromatic heterocycles. The number of hydrogen-bond acceptors (Lipinski definition) is 6. The maximum Gasteiger partial charge on any atom is 0.241 e. The van der Waals surface area contributed by atoms with Crippen molar-refractivity contribution in [2.45, 2.75) is 13.3 Å². The fourth-order valence-corrected chi connectivity index (χ4v) is 3.21. The van der Waals surface area contributed by atoms with Crippen molar-refractivity contribution in [3.05, 3.63) is 36.0 Å². The van der Waals surface area contributed by atoms with Crippen molar-refractivity contribution < 1.29 is 19.1 Å². The molecule has 0 spiro atoms. The highest BCUT2D eigenvalue weighted by Gasteiger charge is 2.33. The standard InChI is InChI=1S/C19H23N5O4/c1-12(25)21-10-17(26)23-8-7-13(11-23)18(27)16-9-22-24(19(16)20)14-3-5-15(28-2)6-4-14/h3-6,9,13H,7-8,10-11,20H2,1-2H3,(H,21,25)/t13-/m1/s1. The normalized spacial score (nSPS) is 16.1. The number of carbonyl (C=O) groups excluding carboxylic acids is 3. The molecule has 1 aliphatic rings. The predicted octanol–water partition coefficient (Wildman–Crippen LogP) is 0.630. The number of hydrogen-bond donors (Lipinski definition) is 2. The Bertz CT molecular complexity index is 890. The number of Topliss-reactive ketones (excluding diaryl/α,β-unsaturated/α-hetero) is 1. The molecular weight excluding hydrogens is 362 g/mol. The highest BCUT2D eigenvalue weighted by atomic mass is 16.5. The second-order valence-corrected chi connectivity index (χ2v) is 6.65. The molecule has 1 atom stereocenters. The molecule has 0 aliphatic carbocycles. The minimum atomic E-state index is -0.336. The van der Waals surface area contributed by atoms with Gasteiger partial charge in [0.25, 0.3) is 0 Å². The molecule has 0 saturated carbocycles. The Morgan fingerprint density at radius 3 is 2.64 bits per heavy atom. The number of anilines is 1. The number of rotatable bonds is 6. The van der Waals surface area contributed by atoms with E-state index in [1.807, 2.05) is 0 Å². The van der Waals surface area contributed by atoms with Crippen LogP contribution in [0.1, 0.15) is 23.7 Å². The molecule has 2 heterocycles. The summed E-state index contributed by atoms with van der Waals surface area (Å²) >= 11 is 0. The first-order valence-electron chi connectivity index (χ1n) is 8.95. The highest BCUT2D eigenvalue weighted by Crippen LogP contribution is 2.26. The number of aromatic nitrogens is 2. The zero-order valence-electron chi connectivity index (χ0n) is 15.8. The van der Waals surface area contributed by atoms with Gasteiger partial charge in [-0.2, -0.15) is 5.10 Å². The Balaban J connectivity index is 1.69. The van der Waals surface area contributed by atoms with E-state index in [0.29, 0.717) is 30.8 Å². The van der Waals surface area contributed by atoms with Crippen molar-refractivity contribution >= 4 is 23.4 Å². The number of methoxy groups -OCH3 is 1. The van der Waals surface area contributed by atoms with Crippen LogP contribution in [0.2, 0.25) is 0 Å². The summed E-state index contributed by atoms with van der Waals surface area (Å²) in [6, 6.07) is 7.17. The second kappa shape index (κ2) is 8.12. The summed E-state index contributed by atoms with van der Waals surface area (Å²) in [6.45, 7) is 2.08. The summed E-state index contributed by atoms with van der Waals surface area (Å²) in [5, 5.41) is 6.72. The molecule has 2 amide bonds. The highest BCUT2D eigenvalue weighted by molar-refractivity contribution is 6.02. The average Bonchev–Trinajstić information content (AvgIpc) is 3.33. The lowest BCUT2D eigenvalue weighted by molar-refractivity contribution is -0.131. The van der Waals surface area contributed by atoms with E-state index in [1.54, 1.807) is 36.3 Å². The third-order valence-electron chi connectivity index (χ3n) is 4.79. The van der Waals surface area contributed by atoms with E-state index in [2.05, 4.69) is 10.4 Å². The SMILES string of the molecule is COc1ccc(-n2ncc(C(=O)[C@@H]3CCN(C(=O)CNC(C)=O)C3)c2N)cc1. The van der Waals surface area contributed by atoms with Gasteiger partial charge in [0.15, 0.2) is 5.78 Å². The van der Waals surface area contributed by atoms with Gasteiger partial charge in [0.2, 0.25) is 11.8 Å². The minimum Gasteiger partial charge on any atom is -0.497 e. The van der Waals surface area contributed by atoms with Crippen LogP contribution in [0.3, 0.4) is 0 Å². The number of nitrogens with two attached hydrogens (primary N) is 1. The van der Waals surface area contributed by atoms with Gasteiger partial charge in [0.05, 0.1) is 31.1 Å². The Kier molecular flexibility index (Phi) is 5.62. The number of nitrogens with one attached hydrogen (secondary N) is 1. The summed E-state index contributed by atoms with van der Waals surface area (Å²) in [7, 11) is 1.58. The van der Waals surface area contributed by atoms with Crippen molar-refractivity contribution in [2.24, 2.45) is 5.92 Å². The van der Waals surface area contributed by atoms with Crippen molar-refractivity contribution in [3.8, 4) is 11.4 Å². The third-order valence-corrected chi connectivity index (χ3v) is 4.79. The molecule has 1 aliphatic heterocycles. The molecule has 0 unspecified atom stereocenters. The molecule has 9 nitrogen and oxygen atoms in total. The van der Waals surface area contributed by atoms with Crippen molar-refractivity contribution in [3.63, 3.8) is 0 Å². The fourth-order valence-electron chi connectivity index (χ4n) is 3.21. The topological polar surface area (TPSA) is 120 Å². The maximum atomic E-state index is 12.9. The molecule has 3 N–H and O–H groups in total. The maximum absolute atomic E-state index is 12.9. The molecule has 3 rings (SSSR count). The number of benzene rings is 1. The number of nitrogen functional groups attached to an aromatic ring is 1. The number of likely N-dealkylation sites (tertiary alicyclic amines) is 1. The van der Waals surface area contributed by atoms with Gasteiger partial charge in [-0.1, -0.05) is 0 Å². The van der Waals surface area contributed by atoms with Gasteiger partial charge in [-0.3, -0.25) is 14.4 Å². The van der Waals surface area contributed by atoms with Crippen LogP contribution >= 0.6 is 0 Å². The number of amides is 2. The zero-order chi connectivity index (χ0) is 20.3. The Morgan fingerprint density at radius 2 is 2.00 bits per heavy atom. The van der Waals surface area contributed by atoms with Crippen molar-refractivity contribution in [1.29, 1.82) is 0 Å². The summed E-state index contributed by atoms with van der Waals surface area (Å²) in [5.74, 6) is 0.0365. The van der Waals surface area contributed by atoms with E-state index in [0.717, 1.165) is 5.69 Å². The zero-order valence-corrected chi connectivity index (χ0v) is 15.8. The van der Waals surface area contributed by atoms with Crippen LogP contribution in [-0.4, -0.2) is 59.0 Å². The van der Waals surface area contributed by atoms with Crippen LogP contribution in [0.15, 0.2) is 30.5 Å². The van der Waals surface area contributed by atoms with Crippen LogP contribution in [0.4, 0.5) is 5.82 Å². The molecule has 0 bridgehead atoms. The Morgan fingerprint density at radius 1 is 1.29 bits per heavy atom. The van der Waals surface area contributed by atoms with E-state index in [9.17, 15) is 14.4 Å². The lowest BCUT2D eigenvalue weighted by atomic mass is 9.98. The number of carbonyl (C=O) groups is 3. The number of nitrogens with zero attached hydrogens (tertiary/aromatic N) is 3. The molecule has 148 valence electrons. The summed E-state index contributed by atoms with van der Waals surface area (Å²) in [5.41, 5.74) is 7.23. The Hall–Kier alpha value is -3.36. The van der Waals surface area contributed by atoms with Crippen LogP contribution < -0.4 is 15.8 Å². The van der Waals surface area contributed by atoms with Gasteiger partial charge < -0.3 is 20.7 Å². The van der Waals surface area contributed by atoms with Crippen LogP contribution in [0.25, 0.3) is 5.69 Å². The van der Waals surface area contributed by atoms with Crippen LogP contribution in [0, 0.1) is 5.92 Å². The van der Waals surface area contributed by atoms with Gasteiger partial charge in [-0.15, -0.1) is 0 Å². The first-order valence-corrected chi connectivity index (χ1v) is 8.95. The molecule has 9 heteroatoms. The van der Waals surface area contributed by atoms with Crippen LogP contribution in [-0.2, 0) is 9.59 Å². The molecule has 1 saturated heterocycles. The van der Waals surface area contributed by atoms with Gasteiger partial charge in [-0.05, 0) is 30.7 Å². The van der Waals surface area contributed by atoms with E-state index < -0.39 is 0 Å². The van der Waals surface area contributed by atoms with E-state index >= 15 is 0 Å². The number of ketones is 1. The van der Waals surface area contributed by atoms with Gasteiger partial charge in [0, 0.05) is 25.9 Å². The first-order chi connectivity index (χ1) is 13.4. The monoisotopic (exact) mass is 385 g/mol. The molecule has 1 fully saturated rings.